The molecule has 2 aliphatic rings. The summed E-state index contributed by atoms with van der Waals surface area (Å²) in [6.45, 7) is 5.60. The highest BCUT2D eigenvalue weighted by Crippen LogP contribution is 2.25. The third-order valence-corrected chi connectivity index (χ3v) is 4.80. The van der Waals surface area contributed by atoms with E-state index in [0.717, 1.165) is 0 Å². The molecule has 1 aromatic rings. The number of rotatable bonds is 6. The molecule has 2 atom stereocenters. The third-order valence-electron chi connectivity index (χ3n) is 4.80. The van der Waals surface area contributed by atoms with Crippen LogP contribution in [-0.4, -0.2) is 73.4 Å². The Morgan fingerprint density at radius 3 is 2.59 bits per heavy atom. The van der Waals surface area contributed by atoms with Crippen LogP contribution in [0.4, 0.5) is 5.69 Å². The molecule has 29 heavy (non-hydrogen) atoms. The second-order valence-corrected chi connectivity index (χ2v) is 6.84. The lowest BCUT2D eigenvalue weighted by molar-refractivity contribution is -0.139. The lowest BCUT2D eigenvalue weighted by Gasteiger charge is -2.30. The predicted molar refractivity (Wildman–Crippen MR) is 106 cm³/mol. The lowest BCUT2D eigenvalue weighted by Crippen LogP contribution is -2.53. The molecular weight excluding hydrogens is 376 g/mol. The molecule has 2 heterocycles. The molecule has 2 unspecified atom stereocenters. The van der Waals surface area contributed by atoms with Gasteiger partial charge in [0.25, 0.3) is 0 Å². The Morgan fingerprint density at radius 1 is 1.24 bits per heavy atom. The number of hydrogen-bond acceptors (Lipinski definition) is 7. The van der Waals surface area contributed by atoms with Gasteiger partial charge in [-0.15, -0.1) is 0 Å². The Kier molecular flexibility index (Phi) is 6.82. The topological polar surface area (TPSA) is 101 Å². The van der Waals surface area contributed by atoms with Gasteiger partial charge in [0, 0.05) is 19.5 Å². The van der Waals surface area contributed by atoms with Gasteiger partial charge in [-0.3, -0.25) is 14.6 Å². The molecule has 0 saturated carbocycles. The normalized spacial score (nSPS) is 20.1. The summed E-state index contributed by atoms with van der Waals surface area (Å²) >= 11 is 0. The van der Waals surface area contributed by atoms with E-state index >= 15 is 0 Å². The molecule has 9 heteroatoms. The van der Waals surface area contributed by atoms with Crippen molar-refractivity contribution >= 4 is 29.2 Å². The molecule has 9 nitrogen and oxygen atoms in total. The van der Waals surface area contributed by atoms with Crippen molar-refractivity contribution in [2.45, 2.75) is 32.4 Å². The van der Waals surface area contributed by atoms with Gasteiger partial charge in [0.15, 0.2) is 0 Å². The average Bonchev–Trinajstić information content (AvgIpc) is 3.20. The van der Waals surface area contributed by atoms with Crippen LogP contribution in [0.2, 0.25) is 0 Å². The standard InChI is InChI=1S/C20H26N4O5/c1-3-29-20(27)16-13-17(24(22-16)15-7-5-4-6-8-15)18(25)21-14(2)19(26)23-9-11-28-12-10-23/h4-8,14,17H,3,9-13H2,1-2H3,(H,21,25). The van der Waals surface area contributed by atoms with Gasteiger partial charge in [0.1, 0.15) is 17.8 Å². The van der Waals surface area contributed by atoms with Crippen LogP contribution in [0.1, 0.15) is 20.3 Å². The number of ether oxygens (including phenoxy) is 2. The number of hydrazone groups is 1. The Morgan fingerprint density at radius 2 is 1.93 bits per heavy atom. The van der Waals surface area contributed by atoms with Crippen molar-refractivity contribution in [3.8, 4) is 0 Å². The van der Waals surface area contributed by atoms with Gasteiger partial charge in [0.05, 0.1) is 25.5 Å². The smallest absolute Gasteiger partial charge is 0.354 e. The van der Waals surface area contributed by atoms with Crippen LogP contribution >= 0.6 is 0 Å². The maximum absolute atomic E-state index is 13.0. The Labute approximate surface area is 169 Å². The largest absolute Gasteiger partial charge is 0.461 e. The number of benzene rings is 1. The molecule has 1 saturated heterocycles. The van der Waals surface area contributed by atoms with Crippen LogP contribution in [0.3, 0.4) is 0 Å². The summed E-state index contributed by atoms with van der Waals surface area (Å²) in [5.74, 6) is -1.07. The number of nitrogens with zero attached hydrogens (tertiary/aromatic N) is 3. The minimum Gasteiger partial charge on any atom is -0.461 e. The fourth-order valence-electron chi connectivity index (χ4n) is 3.30. The maximum Gasteiger partial charge on any atom is 0.354 e. The zero-order chi connectivity index (χ0) is 20.8. The van der Waals surface area contributed by atoms with Gasteiger partial charge in [-0.05, 0) is 26.0 Å². The van der Waals surface area contributed by atoms with Crippen molar-refractivity contribution in [3.63, 3.8) is 0 Å². The van der Waals surface area contributed by atoms with Crippen LogP contribution in [0.25, 0.3) is 0 Å². The summed E-state index contributed by atoms with van der Waals surface area (Å²) < 4.78 is 10.3. The number of esters is 1. The van der Waals surface area contributed by atoms with Crippen molar-refractivity contribution in [1.29, 1.82) is 0 Å². The van der Waals surface area contributed by atoms with Gasteiger partial charge in [0.2, 0.25) is 11.8 Å². The number of amides is 2. The van der Waals surface area contributed by atoms with Crippen molar-refractivity contribution in [2.75, 3.05) is 37.9 Å². The summed E-state index contributed by atoms with van der Waals surface area (Å²) in [6.07, 6.45) is 0.109. The Hall–Kier alpha value is -2.94. The second kappa shape index (κ2) is 9.51. The first kappa shape index (κ1) is 20.8. The Balaban J connectivity index is 1.71. The average molecular weight is 402 g/mol. The van der Waals surface area contributed by atoms with E-state index in [1.807, 2.05) is 18.2 Å². The molecule has 3 rings (SSSR count). The number of carbonyl (C=O) groups excluding carboxylic acids is 3. The van der Waals surface area contributed by atoms with Gasteiger partial charge in [-0.25, -0.2) is 4.79 Å². The zero-order valence-corrected chi connectivity index (χ0v) is 16.7. The molecule has 0 aromatic heterocycles. The first-order chi connectivity index (χ1) is 14.0. The molecule has 0 bridgehead atoms. The van der Waals surface area contributed by atoms with Gasteiger partial charge >= 0.3 is 5.97 Å². The van der Waals surface area contributed by atoms with Crippen molar-refractivity contribution in [1.82, 2.24) is 10.2 Å². The molecule has 1 fully saturated rings. The zero-order valence-electron chi connectivity index (χ0n) is 16.7. The summed E-state index contributed by atoms with van der Waals surface area (Å²) in [7, 11) is 0. The van der Waals surface area contributed by atoms with E-state index in [1.54, 1.807) is 30.9 Å². The number of carbonyl (C=O) groups is 3. The van der Waals surface area contributed by atoms with Crippen LogP contribution in [0.15, 0.2) is 35.4 Å². The quantitative estimate of drug-likeness (QED) is 0.698. The first-order valence-electron chi connectivity index (χ1n) is 9.77. The number of hydrogen-bond donors (Lipinski definition) is 1. The minimum absolute atomic E-state index is 0.109. The maximum atomic E-state index is 13.0. The van der Waals surface area contributed by atoms with Crippen LogP contribution in [0, 0.1) is 0 Å². The van der Waals surface area contributed by atoms with Gasteiger partial charge in [-0.2, -0.15) is 5.10 Å². The Bertz CT molecular complexity index is 776. The van der Waals surface area contributed by atoms with Crippen LogP contribution in [0.5, 0.6) is 0 Å². The number of anilines is 1. The first-order valence-corrected chi connectivity index (χ1v) is 9.77. The molecule has 156 valence electrons. The second-order valence-electron chi connectivity index (χ2n) is 6.84. The number of nitrogens with one attached hydrogen (secondary N) is 1. The molecule has 0 spiro atoms. The molecule has 2 amide bonds. The van der Waals surface area contributed by atoms with E-state index in [-0.39, 0.29) is 30.6 Å². The number of morpholine rings is 1. The highest BCUT2D eigenvalue weighted by Gasteiger charge is 2.38. The predicted octanol–water partition coefficient (Wildman–Crippen LogP) is 0.548. The molecule has 1 N–H and O–H groups in total. The van der Waals surface area contributed by atoms with E-state index in [2.05, 4.69) is 10.4 Å². The highest BCUT2D eigenvalue weighted by molar-refractivity contribution is 6.38. The highest BCUT2D eigenvalue weighted by atomic mass is 16.5. The van der Waals surface area contributed by atoms with E-state index in [4.69, 9.17) is 9.47 Å². The summed E-state index contributed by atoms with van der Waals surface area (Å²) in [5, 5.41) is 8.60. The van der Waals surface area contributed by atoms with Gasteiger partial charge < -0.3 is 19.7 Å². The van der Waals surface area contributed by atoms with Crippen LogP contribution < -0.4 is 10.3 Å². The molecular formula is C20H26N4O5. The monoisotopic (exact) mass is 402 g/mol. The van der Waals surface area contributed by atoms with Crippen molar-refractivity contribution < 1.29 is 23.9 Å². The SMILES string of the molecule is CCOC(=O)C1=NN(c2ccccc2)C(C(=O)NC(C)C(=O)N2CCOCC2)C1. The summed E-state index contributed by atoms with van der Waals surface area (Å²) in [6, 6.07) is 7.69. The molecule has 2 aliphatic heterocycles. The van der Waals surface area contributed by atoms with Crippen LogP contribution in [-0.2, 0) is 23.9 Å². The summed E-state index contributed by atoms with van der Waals surface area (Å²) in [5.41, 5.74) is 0.863. The molecule has 0 radical (unpaired) electrons. The molecule has 0 aliphatic carbocycles. The van der Waals surface area contributed by atoms with Crippen molar-refractivity contribution in [3.05, 3.63) is 30.3 Å². The number of para-hydroxylation sites is 1. The fourth-order valence-corrected chi connectivity index (χ4v) is 3.30. The van der Waals surface area contributed by atoms with Crippen molar-refractivity contribution in [2.24, 2.45) is 5.10 Å². The molecule has 1 aromatic carbocycles. The third kappa shape index (κ3) is 4.92. The lowest BCUT2D eigenvalue weighted by atomic mass is 10.1. The van der Waals surface area contributed by atoms with Gasteiger partial charge in [-0.1, -0.05) is 18.2 Å². The van der Waals surface area contributed by atoms with E-state index in [9.17, 15) is 14.4 Å². The van der Waals surface area contributed by atoms with E-state index < -0.39 is 18.1 Å². The summed E-state index contributed by atoms with van der Waals surface area (Å²) in [4.78, 5) is 39.4. The fraction of sp³-hybridized carbons (Fsp3) is 0.500. The minimum atomic E-state index is -0.739. The van der Waals surface area contributed by atoms with E-state index in [1.165, 1.54) is 5.01 Å². The van der Waals surface area contributed by atoms with E-state index in [0.29, 0.717) is 32.0 Å².